The molecule has 1 N–H and O–H groups in total. The molecule has 0 unspecified atom stereocenters. The summed E-state index contributed by atoms with van der Waals surface area (Å²) >= 11 is 1.70. The number of hydrogen-bond acceptors (Lipinski definition) is 4. The Hall–Kier alpha value is -2.15. The second kappa shape index (κ2) is 7.82. The molecule has 3 heterocycles. The van der Waals surface area contributed by atoms with E-state index in [1.54, 1.807) is 17.5 Å². The van der Waals surface area contributed by atoms with Crippen LogP contribution in [0.2, 0.25) is 0 Å². The molecule has 134 valence electrons. The van der Waals surface area contributed by atoms with Crippen LogP contribution in [0.25, 0.3) is 0 Å². The van der Waals surface area contributed by atoms with Crippen molar-refractivity contribution in [2.24, 2.45) is 5.92 Å². The van der Waals surface area contributed by atoms with E-state index in [0.29, 0.717) is 26.1 Å². The van der Waals surface area contributed by atoms with Crippen LogP contribution in [-0.4, -0.2) is 39.6 Å². The average Bonchev–Trinajstić information content (AvgIpc) is 3.25. The Labute approximate surface area is 151 Å². The van der Waals surface area contributed by atoms with Gasteiger partial charge in [0.25, 0.3) is 0 Å². The SMILES string of the molecule is CC(C)C(=O)N1Cc2ccnn2[C@@H](CC(=O)NCCc2cccs2)C1. The van der Waals surface area contributed by atoms with Gasteiger partial charge in [0.15, 0.2) is 0 Å². The van der Waals surface area contributed by atoms with E-state index in [9.17, 15) is 9.59 Å². The minimum atomic E-state index is -0.108. The molecule has 7 heteroatoms. The fourth-order valence-electron chi connectivity index (χ4n) is 3.14. The lowest BCUT2D eigenvalue weighted by Crippen LogP contribution is -2.44. The van der Waals surface area contributed by atoms with E-state index in [-0.39, 0.29) is 23.8 Å². The molecule has 0 saturated heterocycles. The molecule has 6 nitrogen and oxygen atoms in total. The number of carbonyl (C=O) groups excluding carboxylic acids is 2. The third-order valence-corrected chi connectivity index (χ3v) is 5.32. The van der Waals surface area contributed by atoms with Crippen molar-refractivity contribution in [3.05, 3.63) is 40.3 Å². The summed E-state index contributed by atoms with van der Waals surface area (Å²) in [6.07, 6.45) is 2.92. The lowest BCUT2D eigenvalue weighted by atomic mass is 10.1. The maximum Gasteiger partial charge on any atom is 0.225 e. The van der Waals surface area contributed by atoms with Gasteiger partial charge >= 0.3 is 0 Å². The Kier molecular flexibility index (Phi) is 5.53. The Morgan fingerprint density at radius 1 is 1.40 bits per heavy atom. The first kappa shape index (κ1) is 17.7. The Balaban J connectivity index is 1.58. The van der Waals surface area contributed by atoms with E-state index >= 15 is 0 Å². The molecular weight excluding hydrogens is 336 g/mol. The number of carbonyl (C=O) groups is 2. The monoisotopic (exact) mass is 360 g/mol. The third kappa shape index (κ3) is 4.28. The van der Waals surface area contributed by atoms with Crippen LogP contribution in [-0.2, 0) is 22.6 Å². The number of nitrogens with one attached hydrogen (secondary N) is 1. The van der Waals surface area contributed by atoms with Gasteiger partial charge in [-0.2, -0.15) is 5.10 Å². The van der Waals surface area contributed by atoms with Crippen molar-refractivity contribution in [1.82, 2.24) is 20.0 Å². The summed E-state index contributed by atoms with van der Waals surface area (Å²) in [7, 11) is 0. The first-order valence-corrected chi connectivity index (χ1v) is 9.53. The van der Waals surface area contributed by atoms with Crippen molar-refractivity contribution < 1.29 is 9.59 Å². The van der Waals surface area contributed by atoms with Gasteiger partial charge in [-0.1, -0.05) is 19.9 Å². The molecule has 0 aromatic carbocycles. The van der Waals surface area contributed by atoms with Gasteiger partial charge in [-0.05, 0) is 23.9 Å². The molecule has 1 atom stereocenters. The molecule has 0 spiro atoms. The zero-order valence-electron chi connectivity index (χ0n) is 14.6. The molecule has 2 amide bonds. The molecule has 3 rings (SSSR count). The fraction of sp³-hybridized carbons (Fsp3) is 0.500. The molecule has 2 aromatic heterocycles. The molecular formula is C18H24N4O2S. The smallest absolute Gasteiger partial charge is 0.225 e. The highest BCUT2D eigenvalue weighted by Gasteiger charge is 2.30. The van der Waals surface area contributed by atoms with Crippen LogP contribution in [0.1, 0.15) is 36.9 Å². The highest BCUT2D eigenvalue weighted by Crippen LogP contribution is 2.24. The van der Waals surface area contributed by atoms with Gasteiger partial charge in [-0.25, -0.2) is 0 Å². The summed E-state index contributed by atoms with van der Waals surface area (Å²) in [5, 5.41) is 9.37. The second-order valence-electron chi connectivity index (χ2n) is 6.68. The zero-order chi connectivity index (χ0) is 17.8. The minimum absolute atomic E-state index is 0.00171. The Morgan fingerprint density at radius 3 is 2.96 bits per heavy atom. The number of fused-ring (bicyclic) bond motifs is 1. The number of amides is 2. The van der Waals surface area contributed by atoms with E-state index in [0.717, 1.165) is 12.1 Å². The summed E-state index contributed by atoms with van der Waals surface area (Å²) in [6.45, 7) is 5.53. The van der Waals surface area contributed by atoms with Crippen LogP contribution >= 0.6 is 11.3 Å². The topological polar surface area (TPSA) is 67.2 Å². The maximum absolute atomic E-state index is 12.4. The van der Waals surface area contributed by atoms with E-state index in [4.69, 9.17) is 0 Å². The van der Waals surface area contributed by atoms with Crippen LogP contribution in [0.4, 0.5) is 0 Å². The summed E-state index contributed by atoms with van der Waals surface area (Å²) in [5.41, 5.74) is 0.983. The Morgan fingerprint density at radius 2 is 2.24 bits per heavy atom. The van der Waals surface area contributed by atoms with Gasteiger partial charge < -0.3 is 10.2 Å². The van der Waals surface area contributed by atoms with Crippen molar-refractivity contribution >= 4 is 23.2 Å². The first-order valence-electron chi connectivity index (χ1n) is 8.65. The summed E-state index contributed by atoms with van der Waals surface area (Å²) < 4.78 is 1.89. The predicted molar refractivity (Wildman–Crippen MR) is 97.2 cm³/mol. The zero-order valence-corrected chi connectivity index (χ0v) is 15.5. The number of aromatic nitrogens is 2. The Bertz CT molecular complexity index is 723. The number of thiophene rings is 1. The third-order valence-electron chi connectivity index (χ3n) is 4.38. The van der Waals surface area contributed by atoms with Gasteiger partial charge in [0.05, 0.1) is 24.7 Å². The molecule has 1 aliphatic heterocycles. The standard InChI is InChI=1S/C18H24N4O2S/c1-13(2)18(24)21-11-14-5-8-20-22(14)15(12-21)10-17(23)19-7-6-16-4-3-9-25-16/h3-5,8-9,13,15H,6-7,10-12H2,1-2H3,(H,19,23)/t15-/m0/s1. The lowest BCUT2D eigenvalue weighted by molar-refractivity contribution is -0.137. The quantitative estimate of drug-likeness (QED) is 0.859. The number of hydrogen-bond donors (Lipinski definition) is 1. The largest absolute Gasteiger partial charge is 0.356 e. The predicted octanol–water partition coefficient (Wildman–Crippen LogP) is 2.23. The van der Waals surface area contributed by atoms with Crippen molar-refractivity contribution in [1.29, 1.82) is 0 Å². The molecule has 2 aromatic rings. The number of rotatable bonds is 6. The summed E-state index contributed by atoms with van der Waals surface area (Å²) in [6, 6.07) is 5.90. The number of nitrogens with zero attached hydrogens (tertiary/aromatic N) is 3. The highest BCUT2D eigenvalue weighted by atomic mass is 32.1. The van der Waals surface area contributed by atoms with Crippen LogP contribution in [0.3, 0.4) is 0 Å². The fourth-order valence-corrected chi connectivity index (χ4v) is 3.85. The molecule has 0 bridgehead atoms. The van der Waals surface area contributed by atoms with Crippen molar-refractivity contribution in [2.75, 3.05) is 13.1 Å². The van der Waals surface area contributed by atoms with Gasteiger partial charge in [0.2, 0.25) is 11.8 Å². The average molecular weight is 360 g/mol. The minimum Gasteiger partial charge on any atom is -0.356 e. The van der Waals surface area contributed by atoms with Gasteiger partial charge in [-0.15, -0.1) is 11.3 Å². The highest BCUT2D eigenvalue weighted by molar-refractivity contribution is 7.09. The summed E-state index contributed by atoms with van der Waals surface area (Å²) in [4.78, 5) is 27.8. The summed E-state index contributed by atoms with van der Waals surface area (Å²) in [5.74, 6) is 0.0761. The van der Waals surface area contributed by atoms with E-state index in [1.807, 2.05) is 40.9 Å². The van der Waals surface area contributed by atoms with E-state index in [1.165, 1.54) is 4.88 Å². The van der Waals surface area contributed by atoms with Crippen LogP contribution in [0.5, 0.6) is 0 Å². The molecule has 1 aliphatic rings. The molecule has 0 saturated carbocycles. The van der Waals surface area contributed by atoms with Crippen molar-refractivity contribution in [2.45, 2.75) is 39.3 Å². The van der Waals surface area contributed by atoms with Crippen molar-refractivity contribution in [3.63, 3.8) is 0 Å². The van der Waals surface area contributed by atoms with Gasteiger partial charge in [0, 0.05) is 30.1 Å². The second-order valence-corrected chi connectivity index (χ2v) is 7.71. The van der Waals surface area contributed by atoms with E-state index in [2.05, 4.69) is 16.5 Å². The normalized spacial score (nSPS) is 16.8. The van der Waals surface area contributed by atoms with E-state index < -0.39 is 0 Å². The first-order chi connectivity index (χ1) is 12.0. The molecule has 0 radical (unpaired) electrons. The van der Waals surface area contributed by atoms with Crippen LogP contribution in [0, 0.1) is 5.92 Å². The van der Waals surface area contributed by atoms with Crippen molar-refractivity contribution in [3.8, 4) is 0 Å². The lowest BCUT2D eigenvalue weighted by Gasteiger charge is -2.34. The van der Waals surface area contributed by atoms with Crippen LogP contribution < -0.4 is 5.32 Å². The van der Waals surface area contributed by atoms with Gasteiger partial charge in [0.1, 0.15) is 0 Å². The molecule has 0 fully saturated rings. The van der Waals surface area contributed by atoms with Gasteiger partial charge in [-0.3, -0.25) is 14.3 Å². The maximum atomic E-state index is 12.4. The molecule has 25 heavy (non-hydrogen) atoms. The van der Waals surface area contributed by atoms with Crippen LogP contribution in [0.15, 0.2) is 29.8 Å². The molecule has 0 aliphatic carbocycles.